The first-order chi connectivity index (χ1) is 8.56. The van der Waals surface area contributed by atoms with Crippen LogP contribution in [0, 0.1) is 0 Å². The van der Waals surface area contributed by atoms with E-state index in [4.69, 9.17) is 5.11 Å². The molecule has 4 heteroatoms. The van der Waals surface area contributed by atoms with Crippen LogP contribution in [0.1, 0.15) is 18.5 Å². The third-order valence-corrected chi connectivity index (χ3v) is 3.14. The Balaban J connectivity index is 2.58. The number of hydrogen-bond donors (Lipinski definition) is 1. The van der Waals surface area contributed by atoms with Gasteiger partial charge in [-0.15, -0.1) is 0 Å². The molecule has 0 spiro atoms. The number of aliphatic hydroxyl groups excluding tert-OH is 1. The summed E-state index contributed by atoms with van der Waals surface area (Å²) in [6.45, 7) is 2.93. The number of hydrogen-bond acceptors (Lipinski definition) is 3. The Morgan fingerprint density at radius 1 is 1.28 bits per heavy atom. The molecule has 1 atom stereocenters. The van der Waals surface area contributed by atoms with Crippen LogP contribution in [-0.2, 0) is 4.79 Å². The Morgan fingerprint density at radius 3 is 2.44 bits per heavy atom. The third-order valence-electron chi connectivity index (χ3n) is 3.14. The van der Waals surface area contributed by atoms with Gasteiger partial charge in [0.1, 0.15) is 0 Å². The molecule has 0 aliphatic carbocycles. The van der Waals surface area contributed by atoms with Gasteiger partial charge in [0.25, 0.3) is 0 Å². The minimum atomic E-state index is 0.0567. The summed E-state index contributed by atoms with van der Waals surface area (Å²) >= 11 is 0. The van der Waals surface area contributed by atoms with Gasteiger partial charge in [0.2, 0.25) is 5.91 Å². The van der Waals surface area contributed by atoms with Crippen LogP contribution < -0.4 is 0 Å². The number of likely N-dealkylation sites (N-methyl/N-ethyl adjacent to an activating group) is 2. The Labute approximate surface area is 109 Å². The molecule has 18 heavy (non-hydrogen) atoms. The van der Waals surface area contributed by atoms with Crippen LogP contribution in [0.25, 0.3) is 0 Å². The van der Waals surface area contributed by atoms with Crippen LogP contribution in [0.2, 0.25) is 0 Å². The average molecular weight is 250 g/mol. The van der Waals surface area contributed by atoms with Crippen LogP contribution in [0.15, 0.2) is 30.3 Å². The molecule has 1 aromatic carbocycles. The smallest absolute Gasteiger partial charge is 0.236 e. The van der Waals surface area contributed by atoms with Gasteiger partial charge < -0.3 is 10.0 Å². The quantitative estimate of drug-likeness (QED) is 0.823. The molecule has 0 radical (unpaired) electrons. The highest BCUT2D eigenvalue weighted by Gasteiger charge is 2.18. The molecule has 0 aliphatic heterocycles. The van der Waals surface area contributed by atoms with Gasteiger partial charge in [0.05, 0.1) is 19.2 Å². The van der Waals surface area contributed by atoms with Crippen molar-refractivity contribution in [2.24, 2.45) is 0 Å². The maximum atomic E-state index is 12.0. The highest BCUT2D eigenvalue weighted by atomic mass is 16.3. The molecule has 0 bridgehead atoms. The van der Waals surface area contributed by atoms with Gasteiger partial charge in [0, 0.05) is 13.6 Å². The molecule has 0 aliphatic rings. The number of carbonyl (C=O) groups is 1. The van der Waals surface area contributed by atoms with Crippen molar-refractivity contribution in [2.75, 3.05) is 33.8 Å². The first-order valence-corrected chi connectivity index (χ1v) is 6.16. The topological polar surface area (TPSA) is 43.8 Å². The van der Waals surface area contributed by atoms with Crippen molar-refractivity contribution in [1.29, 1.82) is 0 Å². The lowest BCUT2D eigenvalue weighted by molar-refractivity contribution is -0.132. The summed E-state index contributed by atoms with van der Waals surface area (Å²) in [6.07, 6.45) is 0. The standard InChI is InChI=1S/C14H22N2O2/c1-12(13-7-5-4-6-8-13)16(3)14(18)11-15(2)9-10-17/h4-8,12,17H,9-11H2,1-3H3. The summed E-state index contributed by atoms with van der Waals surface area (Å²) in [5, 5.41) is 8.81. The van der Waals surface area contributed by atoms with E-state index in [1.165, 1.54) is 0 Å². The van der Waals surface area contributed by atoms with Gasteiger partial charge in [-0.3, -0.25) is 9.69 Å². The van der Waals surface area contributed by atoms with Crippen molar-refractivity contribution in [3.63, 3.8) is 0 Å². The Morgan fingerprint density at radius 2 is 1.89 bits per heavy atom. The predicted molar refractivity (Wildman–Crippen MR) is 72.2 cm³/mol. The highest BCUT2D eigenvalue weighted by molar-refractivity contribution is 5.78. The second-order valence-electron chi connectivity index (χ2n) is 4.55. The van der Waals surface area contributed by atoms with Gasteiger partial charge in [-0.05, 0) is 19.5 Å². The predicted octanol–water partition coefficient (Wildman–Crippen LogP) is 1.13. The van der Waals surface area contributed by atoms with Crippen LogP contribution in [0.5, 0.6) is 0 Å². The van der Waals surface area contributed by atoms with Gasteiger partial charge in [-0.25, -0.2) is 0 Å². The first-order valence-electron chi connectivity index (χ1n) is 6.16. The summed E-state index contributed by atoms with van der Waals surface area (Å²) in [7, 11) is 3.64. The van der Waals surface area contributed by atoms with Crippen molar-refractivity contribution >= 4 is 5.91 Å². The fraction of sp³-hybridized carbons (Fsp3) is 0.500. The Hall–Kier alpha value is -1.39. The van der Waals surface area contributed by atoms with Gasteiger partial charge in [0.15, 0.2) is 0 Å². The maximum Gasteiger partial charge on any atom is 0.236 e. The van der Waals surface area contributed by atoms with Crippen LogP contribution in [-0.4, -0.2) is 54.6 Å². The summed E-state index contributed by atoms with van der Waals surface area (Å²) in [5.41, 5.74) is 1.12. The molecule has 100 valence electrons. The van der Waals surface area contributed by atoms with Crippen molar-refractivity contribution in [2.45, 2.75) is 13.0 Å². The molecule has 0 heterocycles. The fourth-order valence-corrected chi connectivity index (χ4v) is 1.76. The zero-order chi connectivity index (χ0) is 13.5. The number of benzene rings is 1. The molecular weight excluding hydrogens is 228 g/mol. The molecule has 1 unspecified atom stereocenters. The molecule has 1 amide bonds. The van der Waals surface area contributed by atoms with E-state index in [2.05, 4.69) is 0 Å². The summed E-state index contributed by atoms with van der Waals surface area (Å²) in [6, 6.07) is 10.0. The van der Waals surface area contributed by atoms with Gasteiger partial charge in [-0.2, -0.15) is 0 Å². The molecule has 0 aromatic heterocycles. The molecule has 1 aromatic rings. The van der Waals surface area contributed by atoms with Gasteiger partial charge >= 0.3 is 0 Å². The monoisotopic (exact) mass is 250 g/mol. The zero-order valence-electron chi connectivity index (χ0n) is 11.3. The van der Waals surface area contributed by atoms with Crippen molar-refractivity contribution in [3.8, 4) is 0 Å². The average Bonchev–Trinajstić information content (AvgIpc) is 2.38. The Bertz CT molecular complexity index is 367. The van der Waals surface area contributed by atoms with E-state index >= 15 is 0 Å². The lowest BCUT2D eigenvalue weighted by Gasteiger charge is -2.27. The lowest BCUT2D eigenvalue weighted by Crippen LogP contribution is -2.38. The molecule has 0 saturated heterocycles. The first kappa shape index (κ1) is 14.7. The summed E-state index contributed by atoms with van der Waals surface area (Å²) in [4.78, 5) is 15.6. The van der Waals surface area contributed by atoms with E-state index in [1.807, 2.05) is 56.3 Å². The Kier molecular flexibility index (Phi) is 5.82. The molecule has 1 N–H and O–H groups in total. The number of amides is 1. The van der Waals surface area contributed by atoms with E-state index < -0.39 is 0 Å². The van der Waals surface area contributed by atoms with Crippen LogP contribution in [0.4, 0.5) is 0 Å². The van der Waals surface area contributed by atoms with E-state index in [9.17, 15) is 4.79 Å². The molecule has 1 rings (SSSR count). The minimum Gasteiger partial charge on any atom is -0.395 e. The van der Waals surface area contributed by atoms with Crippen LogP contribution in [0.3, 0.4) is 0 Å². The number of aliphatic hydroxyl groups is 1. The minimum absolute atomic E-state index is 0.0567. The zero-order valence-corrected chi connectivity index (χ0v) is 11.3. The van der Waals surface area contributed by atoms with E-state index in [0.29, 0.717) is 13.1 Å². The summed E-state index contributed by atoms with van der Waals surface area (Å²) in [5.74, 6) is 0.0577. The normalized spacial score (nSPS) is 12.5. The van der Waals surface area contributed by atoms with Crippen molar-refractivity contribution in [3.05, 3.63) is 35.9 Å². The van der Waals surface area contributed by atoms with E-state index in [0.717, 1.165) is 5.56 Å². The highest BCUT2D eigenvalue weighted by Crippen LogP contribution is 2.18. The SMILES string of the molecule is CC(c1ccccc1)N(C)C(=O)CN(C)CCO. The summed E-state index contributed by atoms with van der Waals surface area (Å²) < 4.78 is 0. The molecule has 0 saturated carbocycles. The lowest BCUT2D eigenvalue weighted by atomic mass is 10.1. The molecular formula is C14H22N2O2. The second kappa shape index (κ2) is 7.13. The number of rotatable bonds is 6. The second-order valence-corrected chi connectivity index (χ2v) is 4.55. The van der Waals surface area contributed by atoms with Crippen LogP contribution >= 0.6 is 0 Å². The number of carbonyl (C=O) groups excluding carboxylic acids is 1. The largest absolute Gasteiger partial charge is 0.395 e. The third kappa shape index (κ3) is 4.13. The maximum absolute atomic E-state index is 12.0. The van der Waals surface area contributed by atoms with E-state index in [-0.39, 0.29) is 18.6 Å². The molecule has 4 nitrogen and oxygen atoms in total. The van der Waals surface area contributed by atoms with Crippen molar-refractivity contribution < 1.29 is 9.90 Å². The number of nitrogens with zero attached hydrogens (tertiary/aromatic N) is 2. The molecule has 0 fully saturated rings. The van der Waals surface area contributed by atoms with Gasteiger partial charge in [-0.1, -0.05) is 30.3 Å². The van der Waals surface area contributed by atoms with E-state index in [1.54, 1.807) is 4.90 Å². The van der Waals surface area contributed by atoms with Crippen molar-refractivity contribution in [1.82, 2.24) is 9.80 Å². The fourth-order valence-electron chi connectivity index (χ4n) is 1.76.